The highest BCUT2D eigenvalue weighted by Gasteiger charge is 2.17. The number of nitrogens with zero attached hydrogens (tertiary/aromatic N) is 1. The highest BCUT2D eigenvalue weighted by atomic mass is 19.1. The van der Waals surface area contributed by atoms with Gasteiger partial charge in [0.15, 0.2) is 0 Å². The third kappa shape index (κ3) is 3.39. The van der Waals surface area contributed by atoms with Crippen LogP contribution >= 0.6 is 0 Å². The maximum Gasteiger partial charge on any atom is 0.141 e. The SMILES string of the molecule is CCNC(C1=CCCCCC1)c1cncc(F)c1. The van der Waals surface area contributed by atoms with Gasteiger partial charge in [0.2, 0.25) is 0 Å². The van der Waals surface area contributed by atoms with Gasteiger partial charge in [0.05, 0.1) is 12.2 Å². The number of nitrogens with one attached hydrogen (secondary N) is 1. The van der Waals surface area contributed by atoms with E-state index in [0.29, 0.717) is 0 Å². The predicted molar refractivity (Wildman–Crippen MR) is 71.8 cm³/mol. The molecule has 3 heteroatoms. The van der Waals surface area contributed by atoms with Crippen LogP contribution in [0, 0.1) is 5.82 Å². The zero-order valence-corrected chi connectivity index (χ0v) is 11.0. The Kier molecular flexibility index (Phi) is 4.88. The van der Waals surface area contributed by atoms with Gasteiger partial charge in [0.1, 0.15) is 5.82 Å². The molecule has 0 aliphatic heterocycles. The van der Waals surface area contributed by atoms with E-state index in [4.69, 9.17) is 0 Å². The summed E-state index contributed by atoms with van der Waals surface area (Å²) >= 11 is 0. The number of likely N-dealkylation sites (N-methyl/N-ethyl adjacent to an activating group) is 1. The standard InChI is InChI=1S/C15H21FN2/c1-2-18-15(12-7-5-3-4-6-8-12)13-9-14(16)11-17-10-13/h7,9-11,15,18H,2-6,8H2,1H3. The molecule has 18 heavy (non-hydrogen) atoms. The summed E-state index contributed by atoms with van der Waals surface area (Å²) in [4.78, 5) is 3.96. The molecule has 0 saturated heterocycles. The number of hydrogen-bond donors (Lipinski definition) is 1. The lowest BCUT2D eigenvalue weighted by atomic mass is 9.96. The molecule has 0 bridgehead atoms. The van der Waals surface area contributed by atoms with Crippen LogP contribution in [0.4, 0.5) is 4.39 Å². The molecule has 1 aromatic heterocycles. The molecule has 1 atom stereocenters. The Hall–Kier alpha value is -1.22. The third-order valence-electron chi connectivity index (χ3n) is 3.41. The van der Waals surface area contributed by atoms with E-state index < -0.39 is 0 Å². The first kappa shape index (κ1) is 13.2. The van der Waals surface area contributed by atoms with Gasteiger partial charge in [0, 0.05) is 6.20 Å². The van der Waals surface area contributed by atoms with E-state index in [1.165, 1.54) is 31.0 Å². The van der Waals surface area contributed by atoms with Crippen molar-refractivity contribution >= 4 is 0 Å². The number of aromatic nitrogens is 1. The molecule has 1 heterocycles. The van der Waals surface area contributed by atoms with Crippen LogP contribution in [0.3, 0.4) is 0 Å². The average Bonchev–Trinajstić information content (AvgIpc) is 2.64. The van der Waals surface area contributed by atoms with E-state index in [1.807, 2.05) is 0 Å². The summed E-state index contributed by atoms with van der Waals surface area (Å²) in [6, 6.07) is 1.71. The second kappa shape index (κ2) is 6.64. The fourth-order valence-corrected chi connectivity index (χ4v) is 2.56. The molecule has 2 nitrogen and oxygen atoms in total. The maximum absolute atomic E-state index is 13.3. The second-order valence-electron chi connectivity index (χ2n) is 4.81. The Morgan fingerprint density at radius 1 is 1.33 bits per heavy atom. The van der Waals surface area contributed by atoms with E-state index in [0.717, 1.165) is 24.9 Å². The summed E-state index contributed by atoms with van der Waals surface area (Å²) in [7, 11) is 0. The van der Waals surface area contributed by atoms with Crippen LogP contribution in [0.5, 0.6) is 0 Å². The Labute approximate surface area is 108 Å². The van der Waals surface area contributed by atoms with Gasteiger partial charge in [-0.1, -0.05) is 25.0 Å². The molecule has 1 aliphatic carbocycles. The average molecular weight is 248 g/mol. The van der Waals surface area contributed by atoms with Crippen molar-refractivity contribution in [3.8, 4) is 0 Å². The maximum atomic E-state index is 13.3. The number of pyridine rings is 1. The van der Waals surface area contributed by atoms with Gasteiger partial charge in [-0.15, -0.1) is 0 Å². The van der Waals surface area contributed by atoms with Crippen molar-refractivity contribution < 1.29 is 4.39 Å². The minimum atomic E-state index is -0.260. The Balaban J connectivity index is 2.24. The van der Waals surface area contributed by atoms with Crippen LogP contribution in [-0.4, -0.2) is 11.5 Å². The van der Waals surface area contributed by atoms with Gasteiger partial charge in [0.25, 0.3) is 0 Å². The minimum Gasteiger partial charge on any atom is -0.307 e. The Morgan fingerprint density at radius 3 is 3.00 bits per heavy atom. The summed E-state index contributed by atoms with van der Waals surface area (Å²) in [6.45, 7) is 2.95. The quantitative estimate of drug-likeness (QED) is 0.821. The highest BCUT2D eigenvalue weighted by molar-refractivity contribution is 5.26. The number of rotatable bonds is 4. The zero-order chi connectivity index (χ0) is 12.8. The molecule has 0 spiro atoms. The van der Waals surface area contributed by atoms with Crippen LogP contribution in [0.2, 0.25) is 0 Å². The van der Waals surface area contributed by atoms with Crippen LogP contribution in [0.15, 0.2) is 30.1 Å². The number of halogens is 1. The zero-order valence-electron chi connectivity index (χ0n) is 11.0. The van der Waals surface area contributed by atoms with Gasteiger partial charge < -0.3 is 5.32 Å². The molecule has 0 fully saturated rings. The van der Waals surface area contributed by atoms with Crippen molar-refractivity contribution in [2.75, 3.05) is 6.54 Å². The molecular weight excluding hydrogens is 227 g/mol. The molecule has 2 rings (SSSR count). The summed E-state index contributed by atoms with van der Waals surface area (Å²) < 4.78 is 13.3. The fraction of sp³-hybridized carbons (Fsp3) is 0.533. The summed E-state index contributed by atoms with van der Waals surface area (Å²) in [5.41, 5.74) is 2.33. The van der Waals surface area contributed by atoms with Crippen LogP contribution < -0.4 is 5.32 Å². The molecule has 0 radical (unpaired) electrons. The molecule has 1 aromatic rings. The second-order valence-corrected chi connectivity index (χ2v) is 4.81. The lowest BCUT2D eigenvalue weighted by Gasteiger charge is -2.21. The van der Waals surface area contributed by atoms with Gasteiger partial charge >= 0.3 is 0 Å². The van der Waals surface area contributed by atoms with Crippen LogP contribution in [0.1, 0.15) is 50.6 Å². The van der Waals surface area contributed by atoms with Crippen LogP contribution in [-0.2, 0) is 0 Å². The fourth-order valence-electron chi connectivity index (χ4n) is 2.56. The van der Waals surface area contributed by atoms with Gasteiger partial charge in [-0.05, 0) is 43.9 Å². The summed E-state index contributed by atoms with van der Waals surface area (Å²) in [6.07, 6.45) is 11.4. The molecule has 1 aliphatic rings. The topological polar surface area (TPSA) is 24.9 Å². The molecule has 0 saturated carbocycles. The van der Waals surface area contributed by atoms with Crippen molar-refractivity contribution in [3.63, 3.8) is 0 Å². The van der Waals surface area contributed by atoms with E-state index >= 15 is 0 Å². The van der Waals surface area contributed by atoms with E-state index in [-0.39, 0.29) is 11.9 Å². The number of hydrogen-bond acceptors (Lipinski definition) is 2. The molecule has 98 valence electrons. The highest BCUT2D eigenvalue weighted by Crippen LogP contribution is 2.29. The van der Waals surface area contributed by atoms with Gasteiger partial charge in [-0.2, -0.15) is 0 Å². The van der Waals surface area contributed by atoms with Crippen molar-refractivity contribution in [1.29, 1.82) is 0 Å². The Bertz CT molecular complexity index is 415. The normalized spacial score (nSPS) is 18.0. The van der Waals surface area contributed by atoms with Gasteiger partial charge in [-0.25, -0.2) is 4.39 Å². The van der Waals surface area contributed by atoms with E-state index in [1.54, 1.807) is 12.3 Å². The van der Waals surface area contributed by atoms with Crippen molar-refractivity contribution in [2.24, 2.45) is 0 Å². The largest absolute Gasteiger partial charge is 0.307 e. The first-order chi connectivity index (χ1) is 8.81. The lowest BCUT2D eigenvalue weighted by Crippen LogP contribution is -2.23. The molecule has 0 amide bonds. The van der Waals surface area contributed by atoms with E-state index in [9.17, 15) is 4.39 Å². The molecule has 0 aromatic carbocycles. The number of allylic oxidation sites excluding steroid dienone is 1. The summed E-state index contributed by atoms with van der Waals surface area (Å²) in [5.74, 6) is -0.260. The van der Waals surface area contributed by atoms with Crippen molar-refractivity contribution in [1.82, 2.24) is 10.3 Å². The summed E-state index contributed by atoms with van der Waals surface area (Å²) in [5, 5.41) is 3.45. The van der Waals surface area contributed by atoms with Crippen molar-refractivity contribution in [3.05, 3.63) is 41.5 Å². The predicted octanol–water partition coefficient (Wildman–Crippen LogP) is 3.76. The first-order valence-electron chi connectivity index (χ1n) is 6.84. The van der Waals surface area contributed by atoms with Gasteiger partial charge in [-0.3, -0.25) is 4.98 Å². The molecule has 1 N–H and O–H groups in total. The molecule has 1 unspecified atom stereocenters. The lowest BCUT2D eigenvalue weighted by molar-refractivity contribution is 0.574. The Morgan fingerprint density at radius 2 is 2.22 bits per heavy atom. The minimum absolute atomic E-state index is 0.122. The van der Waals surface area contributed by atoms with Crippen molar-refractivity contribution in [2.45, 2.75) is 45.1 Å². The van der Waals surface area contributed by atoms with Crippen LogP contribution in [0.25, 0.3) is 0 Å². The van der Waals surface area contributed by atoms with E-state index in [2.05, 4.69) is 23.3 Å². The monoisotopic (exact) mass is 248 g/mol. The molecular formula is C15H21FN2. The first-order valence-corrected chi connectivity index (χ1v) is 6.84. The smallest absolute Gasteiger partial charge is 0.141 e. The third-order valence-corrected chi connectivity index (χ3v) is 3.41.